The van der Waals surface area contributed by atoms with E-state index in [-0.39, 0.29) is 11.5 Å². The first-order valence-corrected chi connectivity index (χ1v) is 7.82. The van der Waals surface area contributed by atoms with Crippen molar-refractivity contribution in [3.8, 4) is 0 Å². The standard InChI is InChI=1S/C19H19N3O2/c1-12-7-6-8-13(2)17(12)21-18(23)14(3)22-19(24)16-10-5-4-9-15(16)11-20-22/h4-11,14H,1-3H3,(H,21,23)/t14-/m1/s1. The number of rotatable bonds is 3. The van der Waals surface area contributed by atoms with E-state index in [0.717, 1.165) is 22.2 Å². The molecule has 0 radical (unpaired) electrons. The number of amides is 1. The van der Waals surface area contributed by atoms with Crippen LogP contribution in [0, 0.1) is 13.8 Å². The Morgan fingerprint density at radius 1 is 1.08 bits per heavy atom. The number of carbonyl (C=O) groups is 1. The first-order valence-electron chi connectivity index (χ1n) is 7.82. The number of anilines is 1. The normalized spacial score (nSPS) is 12.1. The third-order valence-electron chi connectivity index (χ3n) is 4.20. The van der Waals surface area contributed by atoms with Gasteiger partial charge in [0.15, 0.2) is 0 Å². The molecule has 0 saturated heterocycles. The Bertz CT molecular complexity index is 956. The molecule has 1 atom stereocenters. The fraction of sp³-hybridized carbons (Fsp3) is 0.211. The molecular weight excluding hydrogens is 302 g/mol. The molecule has 0 saturated carbocycles. The molecule has 2 aromatic carbocycles. The summed E-state index contributed by atoms with van der Waals surface area (Å²) in [7, 11) is 0. The van der Waals surface area contributed by atoms with Crippen molar-refractivity contribution in [1.82, 2.24) is 9.78 Å². The molecule has 0 fully saturated rings. The number of hydrogen-bond donors (Lipinski definition) is 1. The van der Waals surface area contributed by atoms with Crippen LogP contribution in [0.5, 0.6) is 0 Å². The fourth-order valence-corrected chi connectivity index (χ4v) is 2.73. The molecule has 3 aromatic rings. The minimum atomic E-state index is -0.707. The van der Waals surface area contributed by atoms with E-state index in [1.54, 1.807) is 25.3 Å². The van der Waals surface area contributed by atoms with E-state index in [1.165, 1.54) is 4.68 Å². The highest BCUT2D eigenvalue weighted by Gasteiger charge is 2.19. The number of nitrogens with one attached hydrogen (secondary N) is 1. The SMILES string of the molecule is Cc1cccc(C)c1NC(=O)[C@@H](C)n1ncc2ccccc2c1=O. The second kappa shape index (κ2) is 6.28. The molecule has 5 heteroatoms. The van der Waals surface area contributed by atoms with Gasteiger partial charge in [-0.15, -0.1) is 0 Å². The van der Waals surface area contributed by atoms with E-state index in [0.29, 0.717) is 5.39 Å². The summed E-state index contributed by atoms with van der Waals surface area (Å²) in [6.07, 6.45) is 1.61. The lowest BCUT2D eigenvalue weighted by Crippen LogP contribution is -2.33. The molecule has 0 bridgehead atoms. The highest BCUT2D eigenvalue weighted by molar-refractivity contribution is 5.95. The van der Waals surface area contributed by atoms with Crippen LogP contribution in [0.25, 0.3) is 10.8 Å². The summed E-state index contributed by atoms with van der Waals surface area (Å²) in [5.41, 5.74) is 2.48. The third kappa shape index (κ3) is 2.80. The number of fused-ring (bicyclic) bond motifs is 1. The maximum absolute atomic E-state index is 12.6. The summed E-state index contributed by atoms with van der Waals surface area (Å²) in [5, 5.41) is 8.39. The third-order valence-corrected chi connectivity index (χ3v) is 4.20. The van der Waals surface area contributed by atoms with Crippen molar-refractivity contribution in [1.29, 1.82) is 0 Å². The summed E-state index contributed by atoms with van der Waals surface area (Å²) in [4.78, 5) is 25.2. The van der Waals surface area contributed by atoms with Crippen molar-refractivity contribution in [3.63, 3.8) is 0 Å². The van der Waals surface area contributed by atoms with Gasteiger partial charge in [-0.2, -0.15) is 5.10 Å². The molecule has 0 aliphatic rings. The molecule has 1 N–H and O–H groups in total. The van der Waals surface area contributed by atoms with Crippen LogP contribution >= 0.6 is 0 Å². The van der Waals surface area contributed by atoms with Crippen LogP contribution in [0.2, 0.25) is 0 Å². The van der Waals surface area contributed by atoms with E-state index >= 15 is 0 Å². The molecule has 3 rings (SSSR count). The lowest BCUT2D eigenvalue weighted by atomic mass is 10.1. The quantitative estimate of drug-likeness (QED) is 0.805. The Morgan fingerprint density at radius 3 is 2.46 bits per heavy atom. The lowest BCUT2D eigenvalue weighted by Gasteiger charge is -2.17. The smallest absolute Gasteiger partial charge is 0.275 e. The van der Waals surface area contributed by atoms with Crippen LogP contribution < -0.4 is 10.9 Å². The zero-order valence-electron chi connectivity index (χ0n) is 13.9. The van der Waals surface area contributed by atoms with Crippen molar-refractivity contribution in [3.05, 3.63) is 70.1 Å². The molecular formula is C19H19N3O2. The van der Waals surface area contributed by atoms with Gasteiger partial charge >= 0.3 is 0 Å². The van der Waals surface area contributed by atoms with E-state index in [4.69, 9.17) is 0 Å². The number of hydrogen-bond acceptors (Lipinski definition) is 3. The second-order valence-electron chi connectivity index (χ2n) is 5.91. The highest BCUT2D eigenvalue weighted by Crippen LogP contribution is 2.20. The topological polar surface area (TPSA) is 64.0 Å². The number of carbonyl (C=O) groups excluding carboxylic acids is 1. The van der Waals surface area contributed by atoms with Gasteiger partial charge in [-0.1, -0.05) is 36.4 Å². The van der Waals surface area contributed by atoms with Gasteiger partial charge in [0.05, 0.1) is 11.6 Å². The predicted molar refractivity (Wildman–Crippen MR) is 95.3 cm³/mol. The summed E-state index contributed by atoms with van der Waals surface area (Å²) in [6, 6.07) is 12.3. The van der Waals surface area contributed by atoms with Crippen molar-refractivity contribution < 1.29 is 4.79 Å². The number of para-hydroxylation sites is 1. The van der Waals surface area contributed by atoms with Crippen molar-refractivity contribution in [2.75, 3.05) is 5.32 Å². The Kier molecular flexibility index (Phi) is 4.16. The summed E-state index contributed by atoms with van der Waals surface area (Å²) >= 11 is 0. The first-order chi connectivity index (χ1) is 11.5. The van der Waals surface area contributed by atoms with Crippen LogP contribution in [-0.2, 0) is 4.79 Å². The van der Waals surface area contributed by atoms with Crippen LogP contribution in [0.1, 0.15) is 24.1 Å². The molecule has 0 aliphatic heterocycles. The van der Waals surface area contributed by atoms with Gasteiger partial charge in [-0.05, 0) is 38.0 Å². The fourth-order valence-electron chi connectivity index (χ4n) is 2.73. The van der Waals surface area contributed by atoms with Crippen LogP contribution in [0.15, 0.2) is 53.5 Å². The molecule has 0 spiro atoms. The second-order valence-corrected chi connectivity index (χ2v) is 5.91. The zero-order valence-corrected chi connectivity index (χ0v) is 13.9. The zero-order chi connectivity index (χ0) is 17.3. The summed E-state index contributed by atoms with van der Waals surface area (Å²) < 4.78 is 1.23. The molecule has 1 amide bonds. The Hall–Kier alpha value is -2.95. The van der Waals surface area contributed by atoms with Crippen molar-refractivity contribution in [2.45, 2.75) is 26.8 Å². The molecule has 5 nitrogen and oxygen atoms in total. The average molecular weight is 321 g/mol. The van der Waals surface area contributed by atoms with Crippen LogP contribution in [-0.4, -0.2) is 15.7 Å². The lowest BCUT2D eigenvalue weighted by molar-refractivity contribution is -0.119. The van der Waals surface area contributed by atoms with Gasteiger partial charge in [0.25, 0.3) is 5.56 Å². The number of aryl methyl sites for hydroxylation is 2. The molecule has 0 unspecified atom stereocenters. The Balaban J connectivity index is 1.94. The molecule has 1 aromatic heterocycles. The van der Waals surface area contributed by atoms with E-state index in [1.807, 2.05) is 44.2 Å². The molecule has 1 heterocycles. The predicted octanol–water partition coefficient (Wildman–Crippen LogP) is 3.21. The highest BCUT2D eigenvalue weighted by atomic mass is 16.2. The minimum Gasteiger partial charge on any atom is -0.324 e. The van der Waals surface area contributed by atoms with Gasteiger partial charge in [-0.25, -0.2) is 4.68 Å². The maximum Gasteiger partial charge on any atom is 0.275 e. The minimum absolute atomic E-state index is 0.266. The van der Waals surface area contributed by atoms with Crippen molar-refractivity contribution >= 4 is 22.4 Å². The number of aromatic nitrogens is 2. The van der Waals surface area contributed by atoms with Gasteiger partial charge in [0.1, 0.15) is 6.04 Å². The van der Waals surface area contributed by atoms with Crippen LogP contribution in [0.3, 0.4) is 0 Å². The average Bonchev–Trinajstić information content (AvgIpc) is 2.58. The van der Waals surface area contributed by atoms with E-state index in [9.17, 15) is 9.59 Å². The maximum atomic E-state index is 12.6. The van der Waals surface area contributed by atoms with Crippen molar-refractivity contribution in [2.24, 2.45) is 0 Å². The van der Waals surface area contributed by atoms with Gasteiger partial charge in [-0.3, -0.25) is 9.59 Å². The van der Waals surface area contributed by atoms with E-state index in [2.05, 4.69) is 10.4 Å². The monoisotopic (exact) mass is 321 g/mol. The Morgan fingerprint density at radius 2 is 1.75 bits per heavy atom. The largest absolute Gasteiger partial charge is 0.324 e. The summed E-state index contributed by atoms with van der Waals surface area (Å²) in [6.45, 7) is 5.55. The van der Waals surface area contributed by atoms with Gasteiger partial charge in [0.2, 0.25) is 5.91 Å². The van der Waals surface area contributed by atoms with Gasteiger partial charge < -0.3 is 5.32 Å². The summed E-state index contributed by atoms with van der Waals surface area (Å²) in [5.74, 6) is -0.266. The van der Waals surface area contributed by atoms with Crippen LogP contribution in [0.4, 0.5) is 5.69 Å². The first kappa shape index (κ1) is 15.9. The molecule has 122 valence electrons. The van der Waals surface area contributed by atoms with E-state index < -0.39 is 6.04 Å². The molecule has 24 heavy (non-hydrogen) atoms. The van der Waals surface area contributed by atoms with Gasteiger partial charge in [0, 0.05) is 11.1 Å². The Labute approximate surface area is 139 Å². The molecule has 0 aliphatic carbocycles. The number of benzene rings is 2. The number of nitrogens with zero attached hydrogens (tertiary/aromatic N) is 2.